The number of anilines is 1. The molecule has 0 fully saturated rings. The number of hydrogen-bond acceptors (Lipinski definition) is 4. The van der Waals surface area contributed by atoms with Crippen molar-refractivity contribution in [3.05, 3.63) is 57.8 Å². The van der Waals surface area contributed by atoms with E-state index >= 15 is 0 Å². The lowest BCUT2D eigenvalue weighted by molar-refractivity contribution is -0.113. The Morgan fingerprint density at radius 2 is 2.00 bits per heavy atom. The van der Waals surface area contributed by atoms with Crippen LogP contribution in [0.15, 0.2) is 41.6 Å². The van der Waals surface area contributed by atoms with E-state index in [1.54, 1.807) is 42.8 Å². The second kappa shape index (κ2) is 8.29. The summed E-state index contributed by atoms with van der Waals surface area (Å²) in [5, 5.41) is 12.5. The van der Waals surface area contributed by atoms with Gasteiger partial charge in [0.2, 0.25) is 5.91 Å². The highest BCUT2D eigenvalue weighted by atomic mass is 35.5. The molecule has 3 aromatic rings. The fourth-order valence-electron chi connectivity index (χ4n) is 2.39. The maximum absolute atomic E-state index is 13.3. The molecular weight excluding hydrogens is 410 g/mol. The number of hydrogen-bond donors (Lipinski definition) is 1. The third kappa shape index (κ3) is 4.61. The van der Waals surface area contributed by atoms with Crippen LogP contribution < -0.4 is 5.32 Å². The second-order valence-corrected chi connectivity index (χ2v) is 7.57. The molecule has 2 aromatic carbocycles. The first-order chi connectivity index (χ1) is 12.8. The topological polar surface area (TPSA) is 59.8 Å². The maximum Gasteiger partial charge on any atom is 0.234 e. The van der Waals surface area contributed by atoms with Crippen molar-refractivity contribution in [2.75, 3.05) is 11.1 Å². The Kier molecular flexibility index (Phi) is 6.04. The number of aryl methyl sites for hydroxylation is 1. The monoisotopic (exact) mass is 424 g/mol. The van der Waals surface area contributed by atoms with Gasteiger partial charge in [-0.3, -0.25) is 4.79 Å². The molecule has 0 aliphatic heterocycles. The average molecular weight is 425 g/mol. The van der Waals surface area contributed by atoms with Gasteiger partial charge >= 0.3 is 0 Å². The van der Waals surface area contributed by atoms with E-state index < -0.39 is 5.82 Å². The largest absolute Gasteiger partial charge is 0.325 e. The molecule has 27 heavy (non-hydrogen) atoms. The molecule has 0 bridgehead atoms. The molecule has 0 saturated carbocycles. The molecule has 1 heterocycles. The summed E-state index contributed by atoms with van der Waals surface area (Å²) >= 11 is 13.4. The number of benzene rings is 2. The summed E-state index contributed by atoms with van der Waals surface area (Å²) < 4.78 is 15.1. The van der Waals surface area contributed by atoms with Gasteiger partial charge in [-0.15, -0.1) is 10.2 Å². The molecule has 1 aromatic heterocycles. The van der Waals surface area contributed by atoms with Gasteiger partial charge in [0.25, 0.3) is 0 Å². The number of aromatic nitrogens is 3. The lowest BCUT2D eigenvalue weighted by Crippen LogP contribution is -2.15. The maximum atomic E-state index is 13.3. The van der Waals surface area contributed by atoms with E-state index in [4.69, 9.17) is 23.2 Å². The van der Waals surface area contributed by atoms with Gasteiger partial charge in [0.1, 0.15) is 5.82 Å². The Labute approximate surface area is 169 Å². The molecule has 0 aliphatic carbocycles. The molecule has 0 spiro atoms. The van der Waals surface area contributed by atoms with Crippen molar-refractivity contribution in [1.29, 1.82) is 0 Å². The van der Waals surface area contributed by atoms with Crippen molar-refractivity contribution in [2.24, 2.45) is 7.05 Å². The van der Waals surface area contributed by atoms with Crippen molar-refractivity contribution in [2.45, 2.75) is 12.1 Å². The molecule has 0 unspecified atom stereocenters. The van der Waals surface area contributed by atoms with Gasteiger partial charge in [0.05, 0.1) is 10.8 Å². The first-order valence-corrected chi connectivity index (χ1v) is 9.63. The molecule has 0 radical (unpaired) electrons. The fraction of sp³-hybridized carbons (Fsp3) is 0.167. The third-order valence-corrected chi connectivity index (χ3v) is 5.38. The number of amides is 1. The zero-order valence-electron chi connectivity index (χ0n) is 14.5. The summed E-state index contributed by atoms with van der Waals surface area (Å²) in [6.07, 6.45) is 0. The number of carbonyl (C=O) groups excluding carboxylic acids is 1. The molecule has 140 valence electrons. The summed E-state index contributed by atoms with van der Waals surface area (Å²) in [6.45, 7) is 1.80. The Hall–Kier alpha value is -2.09. The number of nitrogens with one attached hydrogen (secondary N) is 1. The van der Waals surface area contributed by atoms with Gasteiger partial charge in [-0.05, 0) is 42.8 Å². The number of carbonyl (C=O) groups is 1. The molecule has 1 N–H and O–H groups in total. The highest BCUT2D eigenvalue weighted by Crippen LogP contribution is 2.30. The highest BCUT2D eigenvalue weighted by Gasteiger charge is 2.15. The molecule has 0 saturated heterocycles. The van der Waals surface area contributed by atoms with Gasteiger partial charge < -0.3 is 9.88 Å². The van der Waals surface area contributed by atoms with Gasteiger partial charge in [0.15, 0.2) is 11.0 Å². The van der Waals surface area contributed by atoms with Crippen LogP contribution in [0.3, 0.4) is 0 Å². The molecule has 1 amide bonds. The van der Waals surface area contributed by atoms with Gasteiger partial charge in [0, 0.05) is 23.3 Å². The predicted octanol–water partition coefficient (Wildman–Crippen LogP) is 4.97. The summed E-state index contributed by atoms with van der Waals surface area (Å²) in [6, 6.07) is 9.38. The zero-order valence-corrected chi connectivity index (χ0v) is 16.8. The molecule has 3 rings (SSSR count). The average Bonchev–Trinajstić information content (AvgIpc) is 2.97. The SMILES string of the molecule is Cc1ccc(F)cc1NC(=O)CSc1nnc(-c2ccc(Cl)cc2Cl)n1C. The normalized spacial score (nSPS) is 10.9. The molecule has 0 atom stereocenters. The Bertz CT molecular complexity index is 1010. The van der Waals surface area contributed by atoms with E-state index in [0.29, 0.717) is 32.3 Å². The lowest BCUT2D eigenvalue weighted by atomic mass is 10.2. The minimum Gasteiger partial charge on any atom is -0.325 e. The third-order valence-electron chi connectivity index (χ3n) is 3.81. The van der Waals surface area contributed by atoms with Crippen molar-refractivity contribution >= 4 is 46.6 Å². The van der Waals surface area contributed by atoms with E-state index in [2.05, 4.69) is 15.5 Å². The minimum atomic E-state index is -0.402. The van der Waals surface area contributed by atoms with Crippen molar-refractivity contribution < 1.29 is 9.18 Å². The Morgan fingerprint density at radius 1 is 1.22 bits per heavy atom. The van der Waals surface area contributed by atoms with Crippen LogP contribution in [-0.2, 0) is 11.8 Å². The predicted molar refractivity (Wildman–Crippen MR) is 107 cm³/mol. The van der Waals surface area contributed by atoms with Crippen molar-refractivity contribution in [3.8, 4) is 11.4 Å². The van der Waals surface area contributed by atoms with Crippen LogP contribution in [0.2, 0.25) is 10.0 Å². The Balaban J connectivity index is 1.69. The summed E-state index contributed by atoms with van der Waals surface area (Å²) in [7, 11) is 1.79. The van der Waals surface area contributed by atoms with Crippen LogP contribution in [0.25, 0.3) is 11.4 Å². The zero-order chi connectivity index (χ0) is 19.6. The summed E-state index contributed by atoms with van der Waals surface area (Å²) in [5.74, 6) is 0.0145. The highest BCUT2D eigenvalue weighted by molar-refractivity contribution is 7.99. The molecular formula is C18H15Cl2FN4OS. The van der Waals surface area contributed by atoms with Crippen LogP contribution in [0.1, 0.15) is 5.56 Å². The Morgan fingerprint density at radius 3 is 2.74 bits per heavy atom. The van der Waals surface area contributed by atoms with Crippen LogP contribution in [0.4, 0.5) is 10.1 Å². The van der Waals surface area contributed by atoms with Gasteiger partial charge in [-0.25, -0.2) is 4.39 Å². The van der Waals surface area contributed by atoms with Crippen LogP contribution >= 0.6 is 35.0 Å². The van der Waals surface area contributed by atoms with E-state index in [1.807, 2.05) is 0 Å². The van der Waals surface area contributed by atoms with Crippen molar-refractivity contribution in [1.82, 2.24) is 14.8 Å². The van der Waals surface area contributed by atoms with Crippen molar-refractivity contribution in [3.63, 3.8) is 0 Å². The fourth-order valence-corrected chi connectivity index (χ4v) is 3.60. The van der Waals surface area contributed by atoms with Crippen LogP contribution in [0.5, 0.6) is 0 Å². The first-order valence-electron chi connectivity index (χ1n) is 7.89. The number of rotatable bonds is 5. The number of thioether (sulfide) groups is 1. The quantitative estimate of drug-likeness (QED) is 0.587. The van der Waals surface area contributed by atoms with Gasteiger partial charge in [-0.1, -0.05) is 41.0 Å². The minimum absolute atomic E-state index is 0.107. The van der Waals surface area contributed by atoms with E-state index in [-0.39, 0.29) is 11.7 Å². The molecule has 0 aliphatic rings. The summed E-state index contributed by atoms with van der Waals surface area (Å²) in [5.41, 5.74) is 1.93. The second-order valence-electron chi connectivity index (χ2n) is 5.79. The first kappa shape index (κ1) is 19.7. The standard InChI is InChI=1S/C18H15Cl2FN4OS/c1-10-3-5-12(21)8-15(10)22-16(26)9-27-18-24-23-17(25(18)2)13-6-4-11(19)7-14(13)20/h3-8H,9H2,1-2H3,(H,22,26). The van der Waals surface area contributed by atoms with E-state index in [0.717, 1.165) is 5.56 Å². The smallest absolute Gasteiger partial charge is 0.234 e. The lowest BCUT2D eigenvalue weighted by Gasteiger charge is -2.08. The number of nitrogens with zero attached hydrogens (tertiary/aromatic N) is 3. The summed E-state index contributed by atoms with van der Waals surface area (Å²) in [4.78, 5) is 12.2. The van der Waals surface area contributed by atoms with Crippen LogP contribution in [0, 0.1) is 12.7 Å². The van der Waals surface area contributed by atoms with E-state index in [1.165, 1.54) is 23.9 Å². The molecule has 9 heteroatoms. The van der Waals surface area contributed by atoms with Gasteiger partial charge in [-0.2, -0.15) is 0 Å². The van der Waals surface area contributed by atoms with Crippen LogP contribution in [-0.4, -0.2) is 26.4 Å². The number of halogens is 3. The molecule has 5 nitrogen and oxygen atoms in total. The van der Waals surface area contributed by atoms with E-state index in [9.17, 15) is 9.18 Å².